The average molecular weight is 201 g/mol. The van der Waals surface area contributed by atoms with E-state index in [0.717, 1.165) is 12.0 Å². The van der Waals surface area contributed by atoms with Crippen molar-refractivity contribution in [3.05, 3.63) is 35.9 Å². The minimum absolute atomic E-state index is 0.893. The molecule has 1 aliphatic carbocycles. The van der Waals surface area contributed by atoms with E-state index in [4.69, 9.17) is 0 Å². The lowest BCUT2D eigenvalue weighted by Crippen LogP contribution is -2.28. The molecule has 2 aliphatic rings. The molecule has 15 heavy (non-hydrogen) atoms. The van der Waals surface area contributed by atoms with Gasteiger partial charge in [0.1, 0.15) is 0 Å². The highest BCUT2D eigenvalue weighted by Gasteiger charge is 2.34. The third-order valence-electron chi connectivity index (χ3n) is 3.99. The summed E-state index contributed by atoms with van der Waals surface area (Å²) in [4.78, 5) is 2.70. The molecule has 1 heterocycles. The Bertz CT molecular complexity index is 319. The van der Waals surface area contributed by atoms with E-state index in [9.17, 15) is 0 Å². The highest BCUT2D eigenvalue weighted by Crippen LogP contribution is 2.35. The second-order valence-electron chi connectivity index (χ2n) is 5.10. The van der Waals surface area contributed by atoms with E-state index in [1.807, 2.05) is 0 Å². The van der Waals surface area contributed by atoms with Crippen molar-refractivity contribution in [2.24, 2.45) is 5.92 Å². The zero-order chi connectivity index (χ0) is 10.1. The number of hydrogen-bond acceptors (Lipinski definition) is 1. The number of likely N-dealkylation sites (tertiary alicyclic amines) is 1. The van der Waals surface area contributed by atoms with Gasteiger partial charge in [0.05, 0.1) is 0 Å². The Morgan fingerprint density at radius 2 is 2.00 bits per heavy atom. The van der Waals surface area contributed by atoms with Gasteiger partial charge in [-0.2, -0.15) is 0 Å². The number of benzene rings is 1. The lowest BCUT2D eigenvalue weighted by atomic mass is 9.90. The van der Waals surface area contributed by atoms with Gasteiger partial charge in [0.15, 0.2) is 0 Å². The van der Waals surface area contributed by atoms with Crippen molar-refractivity contribution < 1.29 is 0 Å². The number of hydrogen-bond donors (Lipinski definition) is 0. The van der Waals surface area contributed by atoms with Crippen LogP contribution in [0.15, 0.2) is 30.3 Å². The summed E-state index contributed by atoms with van der Waals surface area (Å²) >= 11 is 0. The first-order chi connectivity index (χ1) is 7.42. The van der Waals surface area contributed by atoms with Crippen LogP contribution in [0.25, 0.3) is 0 Å². The molecular weight excluding hydrogens is 182 g/mol. The molecule has 0 radical (unpaired) electrons. The summed E-state index contributed by atoms with van der Waals surface area (Å²) in [5.41, 5.74) is 1.48. The zero-order valence-corrected chi connectivity index (χ0v) is 9.23. The van der Waals surface area contributed by atoms with Gasteiger partial charge in [-0.05, 0) is 30.7 Å². The summed E-state index contributed by atoms with van der Waals surface area (Å²) in [6.45, 7) is 2.52. The van der Waals surface area contributed by atoms with Crippen molar-refractivity contribution in [1.82, 2.24) is 4.90 Å². The molecule has 2 unspecified atom stereocenters. The third kappa shape index (κ3) is 1.93. The minimum Gasteiger partial charge on any atom is -0.296 e. The van der Waals surface area contributed by atoms with Crippen LogP contribution < -0.4 is 0 Å². The number of rotatable bonds is 2. The van der Waals surface area contributed by atoms with Gasteiger partial charge in [0.2, 0.25) is 0 Å². The van der Waals surface area contributed by atoms with Crippen LogP contribution in [0.4, 0.5) is 0 Å². The molecule has 1 aliphatic heterocycles. The third-order valence-corrected chi connectivity index (χ3v) is 3.99. The number of fused-ring (bicyclic) bond motifs is 2. The lowest BCUT2D eigenvalue weighted by Gasteiger charge is -2.24. The van der Waals surface area contributed by atoms with Gasteiger partial charge in [0, 0.05) is 19.1 Å². The van der Waals surface area contributed by atoms with Crippen molar-refractivity contribution >= 4 is 0 Å². The predicted molar refractivity (Wildman–Crippen MR) is 62.6 cm³/mol. The second kappa shape index (κ2) is 3.97. The SMILES string of the molecule is c1ccc(CN2CC3CCCC2C3)cc1. The standard InChI is InChI=1S/C14H19N/c1-2-5-12(6-3-1)10-15-11-13-7-4-8-14(15)9-13/h1-3,5-6,13-14H,4,7-11H2. The van der Waals surface area contributed by atoms with Gasteiger partial charge in [-0.3, -0.25) is 4.90 Å². The molecule has 1 saturated carbocycles. The van der Waals surface area contributed by atoms with Gasteiger partial charge < -0.3 is 0 Å². The fourth-order valence-electron chi connectivity index (χ4n) is 3.25. The molecule has 1 saturated heterocycles. The van der Waals surface area contributed by atoms with E-state index in [2.05, 4.69) is 35.2 Å². The Morgan fingerprint density at radius 3 is 2.80 bits per heavy atom. The lowest BCUT2D eigenvalue weighted by molar-refractivity contribution is 0.237. The van der Waals surface area contributed by atoms with E-state index >= 15 is 0 Å². The fraction of sp³-hybridized carbons (Fsp3) is 0.571. The molecule has 1 aromatic rings. The summed E-state index contributed by atoms with van der Waals surface area (Å²) < 4.78 is 0. The van der Waals surface area contributed by atoms with Crippen molar-refractivity contribution in [3.63, 3.8) is 0 Å². The molecule has 3 rings (SSSR count). The van der Waals surface area contributed by atoms with Crippen molar-refractivity contribution in [2.45, 2.75) is 38.3 Å². The van der Waals surface area contributed by atoms with E-state index in [-0.39, 0.29) is 0 Å². The summed E-state index contributed by atoms with van der Waals surface area (Å²) in [6, 6.07) is 11.8. The first kappa shape index (κ1) is 9.41. The highest BCUT2D eigenvalue weighted by molar-refractivity contribution is 5.15. The van der Waals surface area contributed by atoms with E-state index in [1.165, 1.54) is 44.3 Å². The van der Waals surface area contributed by atoms with Crippen LogP contribution in [0.2, 0.25) is 0 Å². The summed E-state index contributed by atoms with van der Waals surface area (Å²) in [5.74, 6) is 1.01. The first-order valence-corrected chi connectivity index (χ1v) is 6.20. The molecule has 2 bridgehead atoms. The Balaban J connectivity index is 1.69. The van der Waals surface area contributed by atoms with E-state index in [1.54, 1.807) is 0 Å². The quantitative estimate of drug-likeness (QED) is 0.711. The molecule has 1 nitrogen and oxygen atoms in total. The predicted octanol–water partition coefficient (Wildman–Crippen LogP) is 3.06. The molecule has 1 aromatic carbocycles. The molecule has 0 amide bonds. The van der Waals surface area contributed by atoms with Crippen LogP contribution >= 0.6 is 0 Å². The maximum Gasteiger partial charge on any atom is 0.0236 e. The molecule has 1 heteroatoms. The van der Waals surface area contributed by atoms with Crippen LogP contribution in [-0.4, -0.2) is 17.5 Å². The molecule has 2 atom stereocenters. The largest absolute Gasteiger partial charge is 0.296 e. The molecule has 0 aromatic heterocycles. The highest BCUT2D eigenvalue weighted by atomic mass is 15.2. The van der Waals surface area contributed by atoms with Crippen LogP contribution in [-0.2, 0) is 6.54 Å². The summed E-state index contributed by atoms with van der Waals surface area (Å²) in [5, 5.41) is 0. The maximum absolute atomic E-state index is 2.70. The zero-order valence-electron chi connectivity index (χ0n) is 9.23. The molecule has 0 N–H and O–H groups in total. The van der Waals surface area contributed by atoms with Gasteiger partial charge >= 0.3 is 0 Å². The molecular formula is C14H19N. The Hall–Kier alpha value is -0.820. The monoisotopic (exact) mass is 201 g/mol. The van der Waals surface area contributed by atoms with E-state index in [0.29, 0.717) is 0 Å². The molecule has 0 spiro atoms. The Morgan fingerprint density at radius 1 is 1.13 bits per heavy atom. The average Bonchev–Trinajstić information content (AvgIpc) is 2.55. The van der Waals surface area contributed by atoms with Gasteiger partial charge in [0.25, 0.3) is 0 Å². The maximum atomic E-state index is 2.70. The topological polar surface area (TPSA) is 3.24 Å². The summed E-state index contributed by atoms with van der Waals surface area (Å²) in [6.07, 6.45) is 5.83. The van der Waals surface area contributed by atoms with Crippen molar-refractivity contribution in [3.8, 4) is 0 Å². The normalized spacial score (nSPS) is 30.7. The van der Waals surface area contributed by atoms with Gasteiger partial charge in [-0.15, -0.1) is 0 Å². The summed E-state index contributed by atoms with van der Waals surface area (Å²) in [7, 11) is 0. The molecule has 2 fully saturated rings. The second-order valence-corrected chi connectivity index (χ2v) is 5.10. The van der Waals surface area contributed by atoms with Crippen LogP contribution in [0.1, 0.15) is 31.2 Å². The first-order valence-electron chi connectivity index (χ1n) is 6.20. The van der Waals surface area contributed by atoms with Crippen molar-refractivity contribution in [2.75, 3.05) is 6.54 Å². The number of nitrogens with zero attached hydrogens (tertiary/aromatic N) is 1. The van der Waals surface area contributed by atoms with Crippen LogP contribution in [0.5, 0.6) is 0 Å². The molecule has 80 valence electrons. The van der Waals surface area contributed by atoms with Gasteiger partial charge in [-0.25, -0.2) is 0 Å². The van der Waals surface area contributed by atoms with Crippen LogP contribution in [0.3, 0.4) is 0 Å². The Kier molecular flexibility index (Phi) is 2.49. The smallest absolute Gasteiger partial charge is 0.0236 e. The Labute approximate surface area is 92.1 Å². The van der Waals surface area contributed by atoms with Crippen LogP contribution in [0, 0.1) is 5.92 Å². The minimum atomic E-state index is 0.893. The van der Waals surface area contributed by atoms with Crippen molar-refractivity contribution in [1.29, 1.82) is 0 Å². The van der Waals surface area contributed by atoms with Gasteiger partial charge in [-0.1, -0.05) is 36.8 Å². The van der Waals surface area contributed by atoms with E-state index < -0.39 is 0 Å². The fourth-order valence-corrected chi connectivity index (χ4v) is 3.25.